The predicted molar refractivity (Wildman–Crippen MR) is 93.2 cm³/mol. The van der Waals surface area contributed by atoms with Gasteiger partial charge in [-0.1, -0.05) is 18.2 Å². The molecule has 132 valence electrons. The Hall–Kier alpha value is -2.51. The number of ketones is 1. The quantitative estimate of drug-likeness (QED) is 0.630. The summed E-state index contributed by atoms with van der Waals surface area (Å²) in [6.07, 6.45) is 0. The van der Waals surface area contributed by atoms with Crippen LogP contribution < -0.4 is 4.72 Å². The number of hydrogen-bond donors (Lipinski definition) is 1. The van der Waals surface area contributed by atoms with E-state index in [4.69, 9.17) is 4.74 Å². The number of ether oxygens (including phenoxy) is 1. The zero-order valence-corrected chi connectivity index (χ0v) is 15.0. The maximum atomic E-state index is 12.1. The number of carbonyl (C=O) groups is 2. The summed E-state index contributed by atoms with van der Waals surface area (Å²) in [5.74, 6) is -1.08. The lowest BCUT2D eigenvalue weighted by molar-refractivity contribution is 0.0474. The Labute approximate surface area is 146 Å². The Kier molecular flexibility index (Phi) is 5.71. The molecule has 0 aliphatic carbocycles. The molecule has 2 aromatic carbocycles. The second-order valence-electron chi connectivity index (χ2n) is 5.53. The van der Waals surface area contributed by atoms with Crippen molar-refractivity contribution in [1.29, 1.82) is 0 Å². The van der Waals surface area contributed by atoms with Gasteiger partial charge in [0.25, 0.3) is 0 Å². The first kappa shape index (κ1) is 18.8. The fourth-order valence-corrected chi connectivity index (χ4v) is 2.90. The number of nitrogens with one attached hydrogen (secondary N) is 1. The van der Waals surface area contributed by atoms with Crippen LogP contribution in [0.2, 0.25) is 0 Å². The molecule has 0 fully saturated rings. The highest BCUT2D eigenvalue weighted by Gasteiger charge is 2.16. The average Bonchev–Trinajstić information content (AvgIpc) is 2.61. The van der Waals surface area contributed by atoms with Gasteiger partial charge in [0.2, 0.25) is 10.0 Å². The summed E-state index contributed by atoms with van der Waals surface area (Å²) in [7, 11) is -2.38. The van der Waals surface area contributed by atoms with Gasteiger partial charge in [-0.05, 0) is 56.3 Å². The van der Waals surface area contributed by atoms with Crippen molar-refractivity contribution in [2.75, 3.05) is 13.7 Å². The molecule has 0 aliphatic rings. The first-order chi connectivity index (χ1) is 11.7. The molecule has 0 aromatic heterocycles. The first-order valence-electron chi connectivity index (χ1n) is 7.56. The number of sulfonamides is 1. The summed E-state index contributed by atoms with van der Waals surface area (Å²) in [5, 5.41) is 0. The Morgan fingerprint density at radius 3 is 2.36 bits per heavy atom. The van der Waals surface area contributed by atoms with Crippen LogP contribution in [0.4, 0.5) is 0 Å². The second-order valence-corrected chi connectivity index (χ2v) is 7.42. The number of rotatable bonds is 6. The van der Waals surface area contributed by atoms with Crippen LogP contribution in [-0.4, -0.2) is 33.8 Å². The zero-order valence-electron chi connectivity index (χ0n) is 14.2. The molecule has 0 saturated heterocycles. The van der Waals surface area contributed by atoms with Crippen LogP contribution in [0.3, 0.4) is 0 Å². The molecule has 0 saturated carbocycles. The topological polar surface area (TPSA) is 89.5 Å². The van der Waals surface area contributed by atoms with E-state index in [1.165, 1.54) is 31.3 Å². The summed E-state index contributed by atoms with van der Waals surface area (Å²) in [6, 6.07) is 10.7. The highest BCUT2D eigenvalue weighted by atomic mass is 32.2. The zero-order chi connectivity index (χ0) is 18.6. The van der Waals surface area contributed by atoms with Gasteiger partial charge in [-0.2, -0.15) is 0 Å². The van der Waals surface area contributed by atoms with E-state index in [1.54, 1.807) is 12.1 Å². The van der Waals surface area contributed by atoms with Gasteiger partial charge < -0.3 is 4.74 Å². The highest BCUT2D eigenvalue weighted by Crippen LogP contribution is 2.13. The van der Waals surface area contributed by atoms with E-state index in [0.717, 1.165) is 11.1 Å². The Morgan fingerprint density at radius 1 is 1.00 bits per heavy atom. The van der Waals surface area contributed by atoms with Gasteiger partial charge in [0, 0.05) is 5.56 Å². The molecule has 25 heavy (non-hydrogen) atoms. The molecule has 0 heterocycles. The van der Waals surface area contributed by atoms with E-state index in [2.05, 4.69) is 4.72 Å². The number of carbonyl (C=O) groups excluding carboxylic acids is 2. The molecule has 0 radical (unpaired) electrons. The molecule has 7 heteroatoms. The smallest absolute Gasteiger partial charge is 0.338 e. The molecule has 0 amide bonds. The minimum absolute atomic E-state index is 0.0510. The third-order valence-electron chi connectivity index (χ3n) is 3.81. The van der Waals surface area contributed by atoms with Crippen molar-refractivity contribution in [3.8, 4) is 0 Å². The maximum Gasteiger partial charge on any atom is 0.338 e. The van der Waals surface area contributed by atoms with Crippen LogP contribution in [0.5, 0.6) is 0 Å². The van der Waals surface area contributed by atoms with Gasteiger partial charge in [-0.15, -0.1) is 0 Å². The Morgan fingerprint density at radius 2 is 1.72 bits per heavy atom. The van der Waals surface area contributed by atoms with Crippen molar-refractivity contribution in [3.63, 3.8) is 0 Å². The van der Waals surface area contributed by atoms with E-state index in [-0.39, 0.29) is 16.2 Å². The fraction of sp³-hybridized carbons (Fsp3) is 0.222. The summed E-state index contributed by atoms with van der Waals surface area (Å²) in [5.41, 5.74) is 2.56. The number of Topliss-reactive ketones (excluding diaryl/α,β-unsaturated/α-hetero) is 1. The Balaban J connectivity index is 2.09. The number of hydrogen-bond acceptors (Lipinski definition) is 5. The van der Waals surface area contributed by atoms with E-state index >= 15 is 0 Å². The molecule has 2 aromatic rings. The van der Waals surface area contributed by atoms with Crippen molar-refractivity contribution >= 4 is 21.8 Å². The van der Waals surface area contributed by atoms with E-state index in [0.29, 0.717) is 5.56 Å². The van der Waals surface area contributed by atoms with Crippen molar-refractivity contribution < 1.29 is 22.7 Å². The molecule has 6 nitrogen and oxygen atoms in total. The fourth-order valence-electron chi connectivity index (χ4n) is 2.12. The molecule has 0 spiro atoms. The van der Waals surface area contributed by atoms with Gasteiger partial charge in [-0.25, -0.2) is 17.9 Å². The van der Waals surface area contributed by atoms with Gasteiger partial charge >= 0.3 is 5.97 Å². The Bertz CT molecular complexity index is 919. The van der Waals surface area contributed by atoms with Crippen LogP contribution in [0.25, 0.3) is 0 Å². The molecular formula is C18H19NO5S. The third-order valence-corrected chi connectivity index (χ3v) is 5.22. The second kappa shape index (κ2) is 7.58. The molecule has 0 unspecified atom stereocenters. The van der Waals surface area contributed by atoms with E-state index in [1.807, 2.05) is 19.9 Å². The van der Waals surface area contributed by atoms with E-state index in [9.17, 15) is 18.0 Å². The van der Waals surface area contributed by atoms with Crippen molar-refractivity contribution in [2.45, 2.75) is 18.7 Å². The van der Waals surface area contributed by atoms with Crippen LogP contribution in [0.1, 0.15) is 31.8 Å². The van der Waals surface area contributed by atoms with Crippen molar-refractivity contribution in [2.24, 2.45) is 0 Å². The minimum Gasteiger partial charge on any atom is -0.454 e. The van der Waals surface area contributed by atoms with Crippen LogP contribution in [0.15, 0.2) is 47.4 Å². The lowest BCUT2D eigenvalue weighted by atomic mass is 10.0. The van der Waals surface area contributed by atoms with E-state index < -0.39 is 22.6 Å². The molecule has 1 N–H and O–H groups in total. The van der Waals surface area contributed by atoms with Crippen LogP contribution in [0, 0.1) is 13.8 Å². The highest BCUT2D eigenvalue weighted by molar-refractivity contribution is 7.89. The summed E-state index contributed by atoms with van der Waals surface area (Å²) >= 11 is 0. The monoisotopic (exact) mass is 361 g/mol. The summed E-state index contributed by atoms with van der Waals surface area (Å²) in [4.78, 5) is 24.2. The number of benzene rings is 2. The number of aryl methyl sites for hydroxylation is 2. The standard InChI is InChI=1S/C18H19NO5S/c1-12-7-8-14(9-13(12)2)17(20)11-24-18(21)15-5-4-6-16(10-15)25(22,23)19-3/h4-10,19H,11H2,1-3H3. The molecule has 0 aliphatic heterocycles. The molecular weight excluding hydrogens is 342 g/mol. The van der Waals surface area contributed by atoms with Gasteiger partial charge in [0.05, 0.1) is 10.5 Å². The third kappa shape index (κ3) is 4.52. The van der Waals surface area contributed by atoms with Gasteiger partial charge in [-0.3, -0.25) is 4.79 Å². The van der Waals surface area contributed by atoms with Gasteiger partial charge in [0.1, 0.15) is 0 Å². The van der Waals surface area contributed by atoms with Crippen molar-refractivity contribution in [3.05, 3.63) is 64.7 Å². The summed E-state index contributed by atoms with van der Waals surface area (Å²) < 4.78 is 30.7. The molecule has 2 rings (SSSR count). The lowest BCUT2D eigenvalue weighted by Gasteiger charge is -2.08. The van der Waals surface area contributed by atoms with Crippen LogP contribution in [-0.2, 0) is 14.8 Å². The first-order valence-corrected chi connectivity index (χ1v) is 9.04. The van der Waals surface area contributed by atoms with Crippen molar-refractivity contribution in [1.82, 2.24) is 4.72 Å². The SMILES string of the molecule is CNS(=O)(=O)c1cccc(C(=O)OCC(=O)c2ccc(C)c(C)c2)c1. The van der Waals surface area contributed by atoms with Crippen LogP contribution >= 0.6 is 0 Å². The maximum absolute atomic E-state index is 12.1. The predicted octanol–water partition coefficient (Wildman–Crippen LogP) is 2.25. The van der Waals surface area contributed by atoms with Gasteiger partial charge in [0.15, 0.2) is 12.4 Å². The molecule has 0 bridgehead atoms. The normalized spacial score (nSPS) is 11.2. The number of esters is 1. The average molecular weight is 361 g/mol. The largest absolute Gasteiger partial charge is 0.454 e. The lowest BCUT2D eigenvalue weighted by Crippen LogP contribution is -2.19. The molecule has 0 atom stereocenters. The minimum atomic E-state index is -3.66. The summed E-state index contributed by atoms with van der Waals surface area (Å²) in [6.45, 7) is 3.42.